The van der Waals surface area contributed by atoms with E-state index in [1.54, 1.807) is 12.3 Å². The van der Waals surface area contributed by atoms with Crippen LogP contribution in [-0.2, 0) is 5.41 Å². The SMILES string of the molecule is O=C(NCC1(c2cccnc2)CCCCC1)c1ccc2[nH]ccc2c1Cl. The van der Waals surface area contributed by atoms with E-state index >= 15 is 0 Å². The number of pyridine rings is 1. The Bertz CT molecular complexity index is 913. The molecular formula is C21H22ClN3O. The Morgan fingerprint density at radius 3 is 2.81 bits per heavy atom. The summed E-state index contributed by atoms with van der Waals surface area (Å²) in [4.78, 5) is 20.2. The third-order valence-electron chi connectivity index (χ3n) is 5.59. The van der Waals surface area contributed by atoms with Gasteiger partial charge in [-0.15, -0.1) is 0 Å². The minimum absolute atomic E-state index is 0.0349. The largest absolute Gasteiger partial charge is 0.361 e. The highest BCUT2D eigenvalue weighted by molar-refractivity contribution is 6.38. The van der Waals surface area contributed by atoms with Crippen molar-refractivity contribution in [2.75, 3.05) is 6.54 Å². The summed E-state index contributed by atoms with van der Waals surface area (Å²) in [6.45, 7) is 0.610. The topological polar surface area (TPSA) is 57.8 Å². The first kappa shape index (κ1) is 17.1. The quantitative estimate of drug-likeness (QED) is 0.692. The number of carbonyl (C=O) groups is 1. The van der Waals surface area contributed by atoms with Crippen molar-refractivity contribution >= 4 is 28.4 Å². The van der Waals surface area contributed by atoms with E-state index in [0.717, 1.165) is 23.7 Å². The first-order valence-electron chi connectivity index (χ1n) is 9.14. The second-order valence-corrected chi connectivity index (χ2v) is 7.51. The van der Waals surface area contributed by atoms with Crippen LogP contribution in [0.5, 0.6) is 0 Å². The smallest absolute Gasteiger partial charge is 0.252 e. The van der Waals surface area contributed by atoms with E-state index in [1.165, 1.54) is 24.8 Å². The molecule has 0 spiro atoms. The van der Waals surface area contributed by atoms with Crippen LogP contribution in [-0.4, -0.2) is 22.4 Å². The van der Waals surface area contributed by atoms with Crippen LogP contribution in [0.1, 0.15) is 48.0 Å². The Morgan fingerprint density at radius 1 is 1.19 bits per heavy atom. The lowest BCUT2D eigenvalue weighted by Gasteiger charge is -2.37. The maximum absolute atomic E-state index is 12.8. The lowest BCUT2D eigenvalue weighted by molar-refractivity contribution is 0.0937. The van der Waals surface area contributed by atoms with Gasteiger partial charge in [0.2, 0.25) is 0 Å². The zero-order valence-corrected chi connectivity index (χ0v) is 15.4. The van der Waals surface area contributed by atoms with Crippen LogP contribution >= 0.6 is 11.6 Å². The van der Waals surface area contributed by atoms with E-state index in [4.69, 9.17) is 11.6 Å². The van der Waals surface area contributed by atoms with Gasteiger partial charge in [0.15, 0.2) is 0 Å². The zero-order chi connectivity index (χ0) is 18.0. The summed E-state index contributed by atoms with van der Waals surface area (Å²) in [5, 5.41) is 4.52. The van der Waals surface area contributed by atoms with Gasteiger partial charge in [-0.1, -0.05) is 36.9 Å². The lowest BCUT2D eigenvalue weighted by atomic mass is 9.70. The minimum atomic E-state index is -0.119. The number of nitrogens with zero attached hydrogens (tertiary/aromatic N) is 1. The monoisotopic (exact) mass is 367 g/mol. The summed E-state index contributed by atoms with van der Waals surface area (Å²) in [5.74, 6) is -0.119. The van der Waals surface area contributed by atoms with Crippen LogP contribution in [0, 0.1) is 0 Å². The molecule has 134 valence electrons. The van der Waals surface area contributed by atoms with Crippen LogP contribution in [0.2, 0.25) is 5.02 Å². The van der Waals surface area contributed by atoms with Gasteiger partial charge in [0.1, 0.15) is 0 Å². The molecule has 2 N–H and O–H groups in total. The Hall–Kier alpha value is -2.33. The molecule has 4 rings (SSSR count). The number of carbonyl (C=O) groups excluding carboxylic acids is 1. The van der Waals surface area contributed by atoms with Gasteiger partial charge >= 0.3 is 0 Å². The van der Waals surface area contributed by atoms with Gasteiger partial charge in [0, 0.05) is 41.5 Å². The van der Waals surface area contributed by atoms with E-state index in [1.807, 2.05) is 30.6 Å². The molecule has 2 heterocycles. The van der Waals surface area contributed by atoms with Crippen molar-refractivity contribution < 1.29 is 4.79 Å². The molecule has 0 aliphatic heterocycles. The molecular weight excluding hydrogens is 346 g/mol. The standard InChI is InChI=1S/C21H22ClN3O/c22-19-16-8-12-24-18(16)7-6-17(19)20(26)25-14-21(9-2-1-3-10-21)15-5-4-11-23-13-15/h4-8,11-13,24H,1-3,9-10,14H2,(H,25,26). The van der Waals surface area contributed by atoms with Crippen LogP contribution < -0.4 is 5.32 Å². The van der Waals surface area contributed by atoms with Gasteiger partial charge in [0.25, 0.3) is 5.91 Å². The van der Waals surface area contributed by atoms with E-state index in [0.29, 0.717) is 17.1 Å². The molecule has 4 nitrogen and oxygen atoms in total. The lowest BCUT2D eigenvalue weighted by Crippen LogP contribution is -2.42. The van der Waals surface area contributed by atoms with Crippen LogP contribution in [0.3, 0.4) is 0 Å². The molecule has 0 saturated heterocycles. The summed E-state index contributed by atoms with van der Waals surface area (Å²) in [6, 6.07) is 9.68. The van der Waals surface area contributed by atoms with Crippen LogP contribution in [0.4, 0.5) is 0 Å². The summed E-state index contributed by atoms with van der Waals surface area (Å²) < 4.78 is 0. The van der Waals surface area contributed by atoms with Gasteiger partial charge in [0.05, 0.1) is 10.6 Å². The molecule has 2 aromatic heterocycles. The van der Waals surface area contributed by atoms with Crippen molar-refractivity contribution in [1.82, 2.24) is 15.3 Å². The number of hydrogen-bond acceptors (Lipinski definition) is 2. The number of aromatic amines is 1. The zero-order valence-electron chi connectivity index (χ0n) is 14.6. The third-order valence-corrected chi connectivity index (χ3v) is 5.99. The maximum Gasteiger partial charge on any atom is 0.252 e. The number of amides is 1. The summed E-state index contributed by atoms with van der Waals surface area (Å²) in [7, 11) is 0. The molecule has 1 amide bonds. The van der Waals surface area contributed by atoms with Gasteiger partial charge in [-0.2, -0.15) is 0 Å². The Balaban J connectivity index is 1.57. The van der Waals surface area contributed by atoms with Crippen molar-refractivity contribution in [2.24, 2.45) is 0 Å². The molecule has 0 unspecified atom stereocenters. The number of fused-ring (bicyclic) bond motifs is 1. The molecule has 1 aromatic carbocycles. The average molecular weight is 368 g/mol. The van der Waals surface area contributed by atoms with Crippen LogP contribution in [0.25, 0.3) is 10.9 Å². The van der Waals surface area contributed by atoms with Crippen molar-refractivity contribution in [1.29, 1.82) is 0 Å². The second kappa shape index (κ2) is 7.12. The highest BCUT2D eigenvalue weighted by Gasteiger charge is 2.34. The fourth-order valence-corrected chi connectivity index (χ4v) is 4.40. The summed E-state index contributed by atoms with van der Waals surface area (Å²) in [5.41, 5.74) is 2.64. The van der Waals surface area contributed by atoms with E-state index < -0.39 is 0 Å². The molecule has 1 aliphatic rings. The first-order valence-corrected chi connectivity index (χ1v) is 9.52. The molecule has 0 radical (unpaired) electrons. The van der Waals surface area contributed by atoms with Gasteiger partial charge in [-0.05, 0) is 42.7 Å². The molecule has 26 heavy (non-hydrogen) atoms. The Kier molecular flexibility index (Phi) is 4.68. The molecule has 0 atom stereocenters. The molecule has 1 aliphatic carbocycles. The van der Waals surface area contributed by atoms with Crippen LogP contribution in [0.15, 0.2) is 48.9 Å². The fourth-order valence-electron chi connectivity index (χ4n) is 4.09. The number of nitrogens with one attached hydrogen (secondary N) is 2. The highest BCUT2D eigenvalue weighted by Crippen LogP contribution is 2.38. The highest BCUT2D eigenvalue weighted by atomic mass is 35.5. The number of rotatable bonds is 4. The maximum atomic E-state index is 12.8. The van der Waals surface area contributed by atoms with E-state index in [2.05, 4.69) is 21.4 Å². The second-order valence-electron chi connectivity index (χ2n) is 7.13. The van der Waals surface area contributed by atoms with E-state index in [9.17, 15) is 4.79 Å². The molecule has 5 heteroatoms. The number of halogens is 1. The predicted octanol–water partition coefficient (Wildman–Crippen LogP) is 4.85. The van der Waals surface area contributed by atoms with Crippen molar-refractivity contribution in [3.05, 3.63) is 65.1 Å². The van der Waals surface area contributed by atoms with Gasteiger partial charge < -0.3 is 10.3 Å². The van der Waals surface area contributed by atoms with Gasteiger partial charge in [-0.3, -0.25) is 9.78 Å². The summed E-state index contributed by atoms with van der Waals surface area (Å²) in [6.07, 6.45) is 11.3. The van der Waals surface area contributed by atoms with Crippen molar-refractivity contribution in [2.45, 2.75) is 37.5 Å². The number of aromatic nitrogens is 2. The minimum Gasteiger partial charge on any atom is -0.361 e. The van der Waals surface area contributed by atoms with Crippen molar-refractivity contribution in [3.63, 3.8) is 0 Å². The number of hydrogen-bond donors (Lipinski definition) is 2. The molecule has 1 saturated carbocycles. The Labute approximate surface area is 158 Å². The molecule has 1 fully saturated rings. The molecule has 0 bridgehead atoms. The Morgan fingerprint density at radius 2 is 2.04 bits per heavy atom. The number of H-pyrrole nitrogens is 1. The van der Waals surface area contributed by atoms with Crippen molar-refractivity contribution in [3.8, 4) is 0 Å². The fraction of sp³-hybridized carbons (Fsp3) is 0.333. The third kappa shape index (κ3) is 3.10. The molecule has 3 aromatic rings. The van der Waals surface area contributed by atoms with Gasteiger partial charge in [-0.25, -0.2) is 0 Å². The summed E-state index contributed by atoms with van der Waals surface area (Å²) >= 11 is 6.46. The number of benzene rings is 1. The normalized spacial score (nSPS) is 16.5. The predicted molar refractivity (Wildman–Crippen MR) is 105 cm³/mol. The average Bonchev–Trinajstić information content (AvgIpc) is 3.18. The first-order chi connectivity index (χ1) is 12.7. The van der Waals surface area contributed by atoms with E-state index in [-0.39, 0.29) is 11.3 Å².